The first-order valence-corrected chi connectivity index (χ1v) is 8.74. The first kappa shape index (κ1) is 18.7. The topological polar surface area (TPSA) is 68.5 Å². The van der Waals surface area contributed by atoms with Crippen LogP contribution in [0.4, 0.5) is 0 Å². The number of hydrogen-bond donors (Lipinski definition) is 1. The maximum absolute atomic E-state index is 11.9. The summed E-state index contributed by atoms with van der Waals surface area (Å²) in [5.74, 6) is 0.263. The smallest absolute Gasteiger partial charge is 0.277 e. The molecule has 1 N–H and O–H groups in total. The van der Waals surface area contributed by atoms with Crippen LogP contribution in [0.1, 0.15) is 16.8 Å². The zero-order chi connectivity index (χ0) is 19.2. The van der Waals surface area contributed by atoms with Crippen molar-refractivity contribution in [2.24, 2.45) is 5.10 Å². The lowest BCUT2D eigenvalue weighted by molar-refractivity contribution is -0.123. The van der Waals surface area contributed by atoms with Crippen molar-refractivity contribution in [1.29, 1.82) is 0 Å². The minimum Gasteiger partial charge on any atom is -0.484 e. The van der Waals surface area contributed by atoms with Gasteiger partial charge in [-0.3, -0.25) is 4.79 Å². The zero-order valence-corrected chi connectivity index (χ0v) is 15.8. The number of ether oxygens (including phenoxy) is 1. The van der Waals surface area contributed by atoms with Crippen molar-refractivity contribution in [3.05, 3.63) is 76.6 Å². The summed E-state index contributed by atoms with van der Waals surface area (Å²) in [6.07, 6.45) is 1.48. The van der Waals surface area contributed by atoms with E-state index in [0.29, 0.717) is 22.2 Å². The summed E-state index contributed by atoms with van der Waals surface area (Å²) >= 11 is 6.41. The molecule has 0 unspecified atom stereocenters. The molecule has 3 rings (SSSR count). The summed E-state index contributed by atoms with van der Waals surface area (Å²) in [5, 5.41) is 8.80. The Labute approximate surface area is 162 Å². The van der Waals surface area contributed by atoms with Gasteiger partial charge in [0.2, 0.25) is 0 Å². The standard InChI is InChI=1S/C20H19ClN4O2/c1-14-8-10-17(11-9-14)27-13-19(26)23-22-12-18-15(2)24-25(20(18)21)16-6-4-3-5-7-16/h3-12H,13H2,1-2H3,(H,23,26)/b22-12-. The number of aryl methyl sites for hydroxylation is 2. The number of nitrogens with one attached hydrogen (secondary N) is 1. The van der Waals surface area contributed by atoms with Crippen LogP contribution in [0.5, 0.6) is 5.75 Å². The average Bonchev–Trinajstić information content (AvgIpc) is 2.96. The number of amides is 1. The number of hydrazone groups is 1. The first-order chi connectivity index (χ1) is 13.0. The SMILES string of the molecule is Cc1ccc(OCC(=O)N/N=C\c2c(C)nn(-c3ccccc3)c2Cl)cc1. The molecule has 27 heavy (non-hydrogen) atoms. The molecule has 0 saturated heterocycles. The van der Waals surface area contributed by atoms with E-state index in [2.05, 4.69) is 15.6 Å². The number of halogens is 1. The van der Waals surface area contributed by atoms with Crippen LogP contribution in [0.2, 0.25) is 5.15 Å². The lowest BCUT2D eigenvalue weighted by Gasteiger charge is -2.05. The summed E-state index contributed by atoms with van der Waals surface area (Å²) < 4.78 is 7.03. The average molecular weight is 383 g/mol. The van der Waals surface area contributed by atoms with Crippen LogP contribution in [0, 0.1) is 13.8 Å². The van der Waals surface area contributed by atoms with Gasteiger partial charge in [0, 0.05) is 0 Å². The molecule has 0 bridgehead atoms. The number of aromatic nitrogens is 2. The van der Waals surface area contributed by atoms with E-state index in [9.17, 15) is 4.79 Å². The van der Waals surface area contributed by atoms with E-state index in [0.717, 1.165) is 11.3 Å². The Balaban J connectivity index is 1.60. The molecule has 0 aliphatic heterocycles. The fraction of sp³-hybridized carbons (Fsp3) is 0.150. The second kappa shape index (κ2) is 8.51. The number of benzene rings is 2. The molecular formula is C20H19ClN4O2. The third-order valence-corrected chi connectivity index (χ3v) is 4.19. The lowest BCUT2D eigenvalue weighted by atomic mass is 10.2. The van der Waals surface area contributed by atoms with Gasteiger partial charge in [-0.25, -0.2) is 10.1 Å². The van der Waals surface area contributed by atoms with Crippen molar-refractivity contribution < 1.29 is 9.53 Å². The Morgan fingerprint density at radius 3 is 2.59 bits per heavy atom. The van der Waals surface area contributed by atoms with Crippen molar-refractivity contribution >= 4 is 23.7 Å². The van der Waals surface area contributed by atoms with E-state index in [1.807, 2.05) is 68.4 Å². The monoisotopic (exact) mass is 382 g/mol. The maximum Gasteiger partial charge on any atom is 0.277 e. The number of para-hydroxylation sites is 1. The van der Waals surface area contributed by atoms with Gasteiger partial charge in [-0.05, 0) is 38.1 Å². The van der Waals surface area contributed by atoms with Gasteiger partial charge in [0.25, 0.3) is 5.91 Å². The highest BCUT2D eigenvalue weighted by Crippen LogP contribution is 2.21. The van der Waals surface area contributed by atoms with E-state index in [1.54, 1.807) is 4.68 Å². The van der Waals surface area contributed by atoms with Crippen LogP contribution in [0.15, 0.2) is 59.7 Å². The second-order valence-corrected chi connectivity index (χ2v) is 6.29. The summed E-state index contributed by atoms with van der Waals surface area (Å²) in [5.41, 5.74) is 5.74. The van der Waals surface area contributed by atoms with Gasteiger partial charge in [-0.1, -0.05) is 47.5 Å². The molecule has 6 nitrogen and oxygen atoms in total. The largest absolute Gasteiger partial charge is 0.484 e. The highest BCUT2D eigenvalue weighted by Gasteiger charge is 2.13. The van der Waals surface area contributed by atoms with Gasteiger partial charge in [0.1, 0.15) is 10.9 Å². The van der Waals surface area contributed by atoms with E-state index in [4.69, 9.17) is 16.3 Å². The number of hydrogen-bond acceptors (Lipinski definition) is 4. The van der Waals surface area contributed by atoms with E-state index in [1.165, 1.54) is 6.21 Å². The molecule has 0 spiro atoms. The Hall–Kier alpha value is -3.12. The van der Waals surface area contributed by atoms with Crippen molar-refractivity contribution in [2.45, 2.75) is 13.8 Å². The Bertz CT molecular complexity index is 950. The Kier molecular flexibility index (Phi) is 5.88. The van der Waals surface area contributed by atoms with E-state index < -0.39 is 0 Å². The number of carbonyl (C=O) groups is 1. The maximum atomic E-state index is 11.9. The van der Waals surface area contributed by atoms with Gasteiger partial charge in [0.05, 0.1) is 23.2 Å². The van der Waals surface area contributed by atoms with Crippen LogP contribution in [0.3, 0.4) is 0 Å². The highest BCUT2D eigenvalue weighted by atomic mass is 35.5. The third kappa shape index (κ3) is 4.74. The Morgan fingerprint density at radius 2 is 1.89 bits per heavy atom. The number of carbonyl (C=O) groups excluding carboxylic acids is 1. The summed E-state index contributed by atoms with van der Waals surface area (Å²) in [4.78, 5) is 11.9. The second-order valence-electron chi connectivity index (χ2n) is 5.93. The molecule has 1 heterocycles. The van der Waals surface area contributed by atoms with Crippen molar-refractivity contribution in [2.75, 3.05) is 6.61 Å². The van der Waals surface area contributed by atoms with Gasteiger partial charge >= 0.3 is 0 Å². The van der Waals surface area contributed by atoms with E-state index in [-0.39, 0.29) is 12.5 Å². The molecule has 2 aromatic carbocycles. The van der Waals surface area contributed by atoms with Gasteiger partial charge < -0.3 is 4.74 Å². The lowest BCUT2D eigenvalue weighted by Crippen LogP contribution is -2.24. The summed E-state index contributed by atoms with van der Waals surface area (Å²) in [6, 6.07) is 17.0. The van der Waals surface area contributed by atoms with Crippen molar-refractivity contribution in [3.63, 3.8) is 0 Å². The van der Waals surface area contributed by atoms with Gasteiger partial charge in [-0.15, -0.1) is 0 Å². The molecule has 0 fully saturated rings. The molecule has 7 heteroatoms. The van der Waals surface area contributed by atoms with Crippen LogP contribution in [-0.4, -0.2) is 28.5 Å². The highest BCUT2D eigenvalue weighted by molar-refractivity contribution is 6.32. The molecule has 0 aliphatic rings. The predicted octanol–water partition coefficient (Wildman–Crippen LogP) is 3.67. The number of rotatable bonds is 6. The minimum atomic E-state index is -0.365. The van der Waals surface area contributed by atoms with Gasteiger partial charge in [-0.2, -0.15) is 10.2 Å². The molecule has 1 aromatic heterocycles. The fourth-order valence-electron chi connectivity index (χ4n) is 2.38. The third-order valence-electron chi connectivity index (χ3n) is 3.82. The zero-order valence-electron chi connectivity index (χ0n) is 15.0. The Morgan fingerprint density at radius 1 is 1.19 bits per heavy atom. The van der Waals surface area contributed by atoms with Gasteiger partial charge in [0.15, 0.2) is 6.61 Å². The summed E-state index contributed by atoms with van der Waals surface area (Å²) in [7, 11) is 0. The van der Waals surface area contributed by atoms with Crippen LogP contribution in [-0.2, 0) is 4.79 Å². The molecule has 1 amide bonds. The molecule has 138 valence electrons. The minimum absolute atomic E-state index is 0.129. The van der Waals surface area contributed by atoms with Crippen molar-refractivity contribution in [3.8, 4) is 11.4 Å². The quantitative estimate of drug-likeness (QED) is 0.522. The van der Waals surface area contributed by atoms with Crippen molar-refractivity contribution in [1.82, 2.24) is 15.2 Å². The normalized spacial score (nSPS) is 10.9. The molecule has 0 radical (unpaired) electrons. The van der Waals surface area contributed by atoms with E-state index >= 15 is 0 Å². The summed E-state index contributed by atoms with van der Waals surface area (Å²) in [6.45, 7) is 3.68. The molecule has 0 aliphatic carbocycles. The van der Waals surface area contributed by atoms with Crippen LogP contribution in [0.25, 0.3) is 5.69 Å². The van der Waals surface area contributed by atoms with Crippen LogP contribution < -0.4 is 10.2 Å². The molecular weight excluding hydrogens is 364 g/mol. The first-order valence-electron chi connectivity index (χ1n) is 8.36. The molecule has 0 atom stereocenters. The molecule has 0 saturated carbocycles. The molecule has 3 aromatic rings. The predicted molar refractivity (Wildman–Crippen MR) is 106 cm³/mol. The fourth-order valence-corrected chi connectivity index (χ4v) is 2.70. The van der Waals surface area contributed by atoms with Crippen LogP contribution >= 0.6 is 11.6 Å². The number of nitrogens with zero attached hydrogens (tertiary/aromatic N) is 3.